The average molecular weight is 270 g/mol. The molecule has 0 unspecified atom stereocenters. The molecule has 3 rings (SSSR count). The van der Waals surface area contributed by atoms with E-state index in [-0.39, 0.29) is 0 Å². The fraction of sp³-hybridized carbons (Fsp3) is 0.0952. The lowest BCUT2D eigenvalue weighted by Gasteiger charge is -2.12. The molecule has 0 aliphatic heterocycles. The van der Waals surface area contributed by atoms with Gasteiger partial charge in [0, 0.05) is 5.57 Å². The summed E-state index contributed by atoms with van der Waals surface area (Å²) in [5.41, 5.74) is 10.9. The zero-order valence-electron chi connectivity index (χ0n) is 12.3. The van der Waals surface area contributed by atoms with Crippen molar-refractivity contribution in [1.82, 2.24) is 0 Å². The van der Waals surface area contributed by atoms with Crippen LogP contribution in [0.1, 0.15) is 35.6 Å². The molecular formula is C21H18. The normalized spacial score (nSPS) is 12.5. The van der Waals surface area contributed by atoms with E-state index >= 15 is 0 Å². The predicted octanol–water partition coefficient (Wildman–Crippen LogP) is 5.83. The Kier molecular flexibility index (Phi) is 3.73. The van der Waals surface area contributed by atoms with Crippen molar-refractivity contribution in [3.63, 3.8) is 0 Å². The molecule has 0 saturated carbocycles. The van der Waals surface area contributed by atoms with Crippen molar-refractivity contribution in [3.8, 4) is 0 Å². The number of allylic oxidation sites excluding steroid dienone is 2. The van der Waals surface area contributed by atoms with E-state index < -0.39 is 0 Å². The van der Waals surface area contributed by atoms with Crippen molar-refractivity contribution in [2.24, 2.45) is 0 Å². The van der Waals surface area contributed by atoms with Gasteiger partial charge >= 0.3 is 0 Å². The van der Waals surface area contributed by atoms with Crippen LogP contribution in [0.3, 0.4) is 0 Å². The van der Waals surface area contributed by atoms with Gasteiger partial charge in [0.15, 0.2) is 0 Å². The van der Waals surface area contributed by atoms with Gasteiger partial charge in [-0.15, -0.1) is 5.73 Å². The quantitative estimate of drug-likeness (QED) is 0.602. The molecular weight excluding hydrogens is 252 g/mol. The van der Waals surface area contributed by atoms with Gasteiger partial charge in [-0.3, -0.25) is 0 Å². The average Bonchev–Trinajstić information content (AvgIpc) is 2.55. The van der Waals surface area contributed by atoms with Gasteiger partial charge in [-0.1, -0.05) is 73.3 Å². The highest BCUT2D eigenvalue weighted by Gasteiger charge is 2.09. The topological polar surface area (TPSA) is 0 Å². The lowest BCUT2D eigenvalue weighted by molar-refractivity contribution is 1.36. The molecule has 0 nitrogen and oxygen atoms in total. The Labute approximate surface area is 126 Å². The number of benzene rings is 2. The number of rotatable bonds is 2. The van der Waals surface area contributed by atoms with Crippen molar-refractivity contribution in [3.05, 3.63) is 89.2 Å². The second kappa shape index (κ2) is 5.83. The molecule has 1 aliphatic carbocycles. The van der Waals surface area contributed by atoms with E-state index in [2.05, 4.69) is 73.9 Å². The summed E-state index contributed by atoms with van der Waals surface area (Å²) < 4.78 is 0. The summed E-state index contributed by atoms with van der Waals surface area (Å²) in [7, 11) is 0. The van der Waals surface area contributed by atoms with Crippen LogP contribution < -0.4 is 0 Å². The standard InChI is InChI=1S/C21H18/c1-3-17-9-4-6-13-20(17)16(2)15-19-12-8-11-18-10-5-7-14-21(18)19/h3-11,13-14H,1,12H2,2H3. The van der Waals surface area contributed by atoms with Crippen molar-refractivity contribution < 1.29 is 0 Å². The molecule has 0 N–H and O–H groups in total. The monoisotopic (exact) mass is 270 g/mol. The van der Waals surface area contributed by atoms with E-state index in [1.165, 1.54) is 22.3 Å². The summed E-state index contributed by atoms with van der Waals surface area (Å²) in [4.78, 5) is 0. The molecule has 0 spiro atoms. The zero-order chi connectivity index (χ0) is 14.7. The van der Waals surface area contributed by atoms with Crippen LogP contribution >= 0.6 is 0 Å². The second-order valence-corrected chi connectivity index (χ2v) is 5.21. The molecule has 0 bridgehead atoms. The minimum atomic E-state index is 0.935. The second-order valence-electron chi connectivity index (χ2n) is 5.21. The SMILES string of the molecule is C=Cc1ccccc1C(C)=C=C1CC=Cc2ccccc21. The van der Waals surface area contributed by atoms with Crippen molar-refractivity contribution in [2.75, 3.05) is 0 Å². The van der Waals surface area contributed by atoms with Crippen molar-refractivity contribution >= 4 is 23.3 Å². The van der Waals surface area contributed by atoms with Gasteiger partial charge in [0.2, 0.25) is 0 Å². The summed E-state index contributed by atoms with van der Waals surface area (Å²) >= 11 is 0. The van der Waals surface area contributed by atoms with Gasteiger partial charge in [0.1, 0.15) is 0 Å². The van der Waals surface area contributed by atoms with Crippen LogP contribution in [0.15, 0.2) is 66.9 Å². The van der Waals surface area contributed by atoms with E-state index in [0.717, 1.165) is 17.6 Å². The summed E-state index contributed by atoms with van der Waals surface area (Å²) in [5.74, 6) is 0. The van der Waals surface area contributed by atoms with Crippen LogP contribution in [0.25, 0.3) is 23.3 Å². The molecule has 0 aromatic heterocycles. The first-order valence-electron chi connectivity index (χ1n) is 7.24. The Morgan fingerprint density at radius 1 is 1.10 bits per heavy atom. The number of hydrogen-bond acceptors (Lipinski definition) is 0. The Morgan fingerprint density at radius 3 is 2.71 bits per heavy atom. The maximum atomic E-state index is 3.90. The Balaban J connectivity index is 2.16. The van der Waals surface area contributed by atoms with Gasteiger partial charge < -0.3 is 0 Å². The smallest absolute Gasteiger partial charge is 0.00588 e. The first-order chi connectivity index (χ1) is 10.3. The zero-order valence-corrected chi connectivity index (χ0v) is 12.3. The van der Waals surface area contributed by atoms with Crippen molar-refractivity contribution in [2.45, 2.75) is 13.3 Å². The van der Waals surface area contributed by atoms with Gasteiger partial charge in [0.25, 0.3) is 0 Å². The maximum Gasteiger partial charge on any atom is 0.00588 e. The molecule has 2 aromatic carbocycles. The fourth-order valence-electron chi connectivity index (χ4n) is 2.76. The number of hydrogen-bond donors (Lipinski definition) is 0. The minimum absolute atomic E-state index is 0.935. The molecule has 1 aliphatic rings. The van der Waals surface area contributed by atoms with Gasteiger partial charge in [-0.25, -0.2) is 0 Å². The van der Waals surface area contributed by atoms with Crippen LogP contribution in [-0.4, -0.2) is 0 Å². The summed E-state index contributed by atoms with van der Waals surface area (Å²) in [5, 5.41) is 0. The fourth-order valence-corrected chi connectivity index (χ4v) is 2.76. The molecule has 102 valence electrons. The van der Waals surface area contributed by atoms with E-state index in [4.69, 9.17) is 0 Å². The van der Waals surface area contributed by atoms with Gasteiger partial charge in [-0.2, -0.15) is 0 Å². The first-order valence-corrected chi connectivity index (χ1v) is 7.24. The Hall–Kier alpha value is -2.56. The summed E-state index contributed by atoms with van der Waals surface area (Å²) in [6.45, 7) is 6.02. The van der Waals surface area contributed by atoms with Crippen LogP contribution in [0.2, 0.25) is 0 Å². The molecule has 0 fully saturated rings. The summed E-state index contributed by atoms with van der Waals surface area (Å²) in [6, 6.07) is 16.8. The van der Waals surface area contributed by atoms with Crippen LogP contribution in [-0.2, 0) is 0 Å². The van der Waals surface area contributed by atoms with Gasteiger partial charge in [-0.05, 0) is 41.2 Å². The van der Waals surface area contributed by atoms with Crippen molar-refractivity contribution in [1.29, 1.82) is 0 Å². The molecule has 0 heterocycles. The molecule has 0 heteroatoms. The lowest BCUT2D eigenvalue weighted by atomic mass is 9.91. The first kappa shape index (κ1) is 13.4. The van der Waals surface area contributed by atoms with E-state index in [0.29, 0.717) is 0 Å². The van der Waals surface area contributed by atoms with E-state index in [1.807, 2.05) is 12.1 Å². The highest BCUT2D eigenvalue weighted by Crippen LogP contribution is 2.29. The third kappa shape index (κ3) is 2.67. The highest BCUT2D eigenvalue weighted by atomic mass is 14.1. The van der Waals surface area contributed by atoms with Crippen LogP contribution in [0, 0.1) is 0 Å². The van der Waals surface area contributed by atoms with Gasteiger partial charge in [0.05, 0.1) is 0 Å². The molecule has 0 radical (unpaired) electrons. The Morgan fingerprint density at radius 2 is 1.86 bits per heavy atom. The maximum absolute atomic E-state index is 3.90. The lowest BCUT2D eigenvalue weighted by Crippen LogP contribution is -1.92. The number of fused-ring (bicyclic) bond motifs is 1. The molecule has 2 aromatic rings. The molecule has 0 atom stereocenters. The predicted molar refractivity (Wildman–Crippen MR) is 92.6 cm³/mol. The molecule has 0 saturated heterocycles. The Bertz CT molecular complexity index is 781. The third-order valence-corrected chi connectivity index (χ3v) is 3.83. The summed E-state index contributed by atoms with van der Waals surface area (Å²) in [6.07, 6.45) is 7.23. The molecule has 21 heavy (non-hydrogen) atoms. The molecule has 0 amide bonds. The largest absolute Gasteiger partial charge is 0.112 e. The van der Waals surface area contributed by atoms with Crippen LogP contribution in [0.5, 0.6) is 0 Å². The minimum Gasteiger partial charge on any atom is -0.112 e. The highest BCUT2D eigenvalue weighted by molar-refractivity contribution is 5.83. The van der Waals surface area contributed by atoms with E-state index in [9.17, 15) is 0 Å². The van der Waals surface area contributed by atoms with E-state index in [1.54, 1.807) is 0 Å². The third-order valence-electron chi connectivity index (χ3n) is 3.83. The van der Waals surface area contributed by atoms with Crippen LogP contribution in [0.4, 0.5) is 0 Å².